The van der Waals surface area contributed by atoms with Gasteiger partial charge in [0.05, 0.1) is 0 Å². The van der Waals surface area contributed by atoms with Crippen molar-refractivity contribution in [2.24, 2.45) is 0 Å². The summed E-state index contributed by atoms with van der Waals surface area (Å²) < 4.78 is 0. The molecule has 1 aliphatic rings. The molecule has 1 unspecified atom stereocenters. The Hall–Kier alpha value is -1.35. The molecule has 0 amide bonds. The molecule has 0 aromatic heterocycles. The minimum Gasteiger partial charge on any atom is -0.480 e. The molecule has 1 saturated heterocycles. The average molecular weight is 261 g/mol. The summed E-state index contributed by atoms with van der Waals surface area (Å²) in [6.45, 7) is 3.88. The Labute approximate surface area is 115 Å². The van der Waals surface area contributed by atoms with Crippen molar-refractivity contribution in [2.45, 2.75) is 45.1 Å². The topological polar surface area (TPSA) is 40.5 Å². The van der Waals surface area contributed by atoms with E-state index in [9.17, 15) is 9.90 Å². The highest BCUT2D eigenvalue weighted by Crippen LogP contribution is 2.27. The Bertz CT molecular complexity index is 423. The number of carboxylic acids is 1. The molecule has 0 radical (unpaired) electrons. The van der Waals surface area contributed by atoms with Crippen LogP contribution < -0.4 is 0 Å². The molecule has 1 aromatic carbocycles. The third-order valence-corrected chi connectivity index (χ3v) is 3.97. The molecule has 19 heavy (non-hydrogen) atoms. The molecule has 1 aromatic rings. The van der Waals surface area contributed by atoms with E-state index >= 15 is 0 Å². The molecule has 104 valence electrons. The zero-order valence-electron chi connectivity index (χ0n) is 11.6. The van der Waals surface area contributed by atoms with Gasteiger partial charge in [-0.25, -0.2) is 0 Å². The van der Waals surface area contributed by atoms with Crippen LogP contribution in [0.25, 0.3) is 0 Å². The Morgan fingerprint density at radius 3 is 2.42 bits per heavy atom. The normalized spacial score (nSPS) is 18.8. The maximum atomic E-state index is 11.7. The lowest BCUT2D eigenvalue weighted by Gasteiger charge is -2.29. The molecule has 3 heteroatoms. The van der Waals surface area contributed by atoms with Crippen LogP contribution in [0.2, 0.25) is 0 Å². The molecule has 2 rings (SSSR count). The van der Waals surface area contributed by atoms with E-state index in [0.29, 0.717) is 0 Å². The van der Waals surface area contributed by atoms with E-state index in [1.54, 1.807) is 0 Å². The van der Waals surface area contributed by atoms with Crippen molar-refractivity contribution in [1.29, 1.82) is 0 Å². The highest BCUT2D eigenvalue weighted by Gasteiger charge is 2.29. The molecule has 1 heterocycles. The highest BCUT2D eigenvalue weighted by atomic mass is 16.4. The quantitative estimate of drug-likeness (QED) is 0.904. The van der Waals surface area contributed by atoms with Gasteiger partial charge in [-0.15, -0.1) is 0 Å². The van der Waals surface area contributed by atoms with Crippen LogP contribution in [0.3, 0.4) is 0 Å². The lowest BCUT2D eigenvalue weighted by atomic mass is 9.97. The molecule has 1 atom stereocenters. The molecule has 0 bridgehead atoms. The second kappa shape index (κ2) is 6.71. The van der Waals surface area contributed by atoms with Gasteiger partial charge in [0.2, 0.25) is 0 Å². The van der Waals surface area contributed by atoms with Crippen LogP contribution in [0, 0.1) is 0 Å². The van der Waals surface area contributed by atoms with Crippen molar-refractivity contribution < 1.29 is 9.90 Å². The summed E-state index contributed by atoms with van der Waals surface area (Å²) in [6, 6.07) is 7.48. The van der Waals surface area contributed by atoms with Crippen molar-refractivity contribution in [3.8, 4) is 0 Å². The van der Waals surface area contributed by atoms with Gasteiger partial charge >= 0.3 is 5.97 Å². The fourth-order valence-corrected chi connectivity index (χ4v) is 2.96. The molecule has 0 saturated carbocycles. The van der Waals surface area contributed by atoms with Gasteiger partial charge in [-0.3, -0.25) is 9.69 Å². The summed E-state index contributed by atoms with van der Waals surface area (Å²) >= 11 is 0. The number of rotatable bonds is 4. The van der Waals surface area contributed by atoms with Crippen LogP contribution in [0.4, 0.5) is 0 Å². The fraction of sp³-hybridized carbons (Fsp3) is 0.562. The van der Waals surface area contributed by atoms with Crippen LogP contribution in [-0.4, -0.2) is 29.1 Å². The molecule has 1 N–H and O–H groups in total. The molecule has 0 aliphatic carbocycles. The van der Waals surface area contributed by atoms with Gasteiger partial charge in [0.15, 0.2) is 0 Å². The largest absolute Gasteiger partial charge is 0.480 e. The Morgan fingerprint density at radius 1 is 1.21 bits per heavy atom. The minimum atomic E-state index is -0.720. The first-order valence-corrected chi connectivity index (χ1v) is 7.28. The Kier molecular flexibility index (Phi) is 4.97. The van der Waals surface area contributed by atoms with E-state index in [0.717, 1.165) is 43.5 Å². The van der Waals surface area contributed by atoms with E-state index in [1.165, 1.54) is 12.8 Å². The first kappa shape index (κ1) is 14.1. The monoisotopic (exact) mass is 261 g/mol. The summed E-state index contributed by atoms with van der Waals surface area (Å²) in [6.07, 6.45) is 5.54. The first-order valence-electron chi connectivity index (χ1n) is 7.28. The Balaban J connectivity index is 2.30. The Morgan fingerprint density at radius 2 is 1.84 bits per heavy atom. The number of carbonyl (C=O) groups is 1. The minimum absolute atomic E-state index is 0.478. The van der Waals surface area contributed by atoms with Crippen LogP contribution in [0.5, 0.6) is 0 Å². The van der Waals surface area contributed by atoms with Gasteiger partial charge in [-0.05, 0) is 43.5 Å². The number of aliphatic carboxylic acids is 1. The molecule has 1 fully saturated rings. The van der Waals surface area contributed by atoms with Gasteiger partial charge in [0.25, 0.3) is 0 Å². The summed E-state index contributed by atoms with van der Waals surface area (Å²) in [4.78, 5) is 13.9. The third-order valence-electron chi connectivity index (χ3n) is 3.97. The van der Waals surface area contributed by atoms with E-state index in [1.807, 2.05) is 24.3 Å². The van der Waals surface area contributed by atoms with Crippen molar-refractivity contribution in [3.05, 3.63) is 35.4 Å². The molecule has 3 nitrogen and oxygen atoms in total. The van der Waals surface area contributed by atoms with Gasteiger partial charge in [-0.2, -0.15) is 0 Å². The maximum absolute atomic E-state index is 11.7. The van der Waals surface area contributed by atoms with Crippen molar-refractivity contribution in [3.63, 3.8) is 0 Å². The van der Waals surface area contributed by atoms with Crippen molar-refractivity contribution >= 4 is 5.97 Å². The predicted octanol–water partition coefficient (Wildman–Crippen LogP) is 3.25. The number of aryl methyl sites for hydroxylation is 1. The van der Waals surface area contributed by atoms with Gasteiger partial charge in [0.1, 0.15) is 6.04 Å². The van der Waals surface area contributed by atoms with Gasteiger partial charge in [0, 0.05) is 0 Å². The first-order chi connectivity index (χ1) is 9.24. The predicted molar refractivity (Wildman–Crippen MR) is 76.2 cm³/mol. The third kappa shape index (κ3) is 3.35. The number of hydrogen-bond donors (Lipinski definition) is 1. The maximum Gasteiger partial charge on any atom is 0.325 e. The van der Waals surface area contributed by atoms with E-state index in [4.69, 9.17) is 0 Å². The smallest absolute Gasteiger partial charge is 0.325 e. The number of carboxylic acid groups (broad SMARTS) is 1. The molecular weight excluding hydrogens is 238 g/mol. The van der Waals surface area contributed by atoms with Gasteiger partial charge in [-0.1, -0.05) is 44.0 Å². The summed E-state index contributed by atoms with van der Waals surface area (Å²) in [7, 11) is 0. The molecular formula is C16H23NO2. The van der Waals surface area contributed by atoms with E-state index < -0.39 is 12.0 Å². The van der Waals surface area contributed by atoms with E-state index in [2.05, 4.69) is 11.8 Å². The zero-order chi connectivity index (χ0) is 13.7. The number of likely N-dealkylation sites (tertiary alicyclic amines) is 1. The molecule has 1 aliphatic heterocycles. The average Bonchev–Trinajstić information content (AvgIpc) is 2.68. The second-order valence-electron chi connectivity index (χ2n) is 5.24. The number of hydrogen-bond acceptors (Lipinski definition) is 2. The van der Waals surface area contributed by atoms with E-state index in [-0.39, 0.29) is 0 Å². The lowest BCUT2D eigenvalue weighted by molar-refractivity contribution is -0.143. The standard InChI is InChI=1S/C16H23NO2/c1-2-13-9-5-6-10-14(13)15(16(18)19)17-11-7-3-4-8-12-17/h5-6,9-10,15H,2-4,7-8,11-12H2,1H3,(H,18,19). The highest BCUT2D eigenvalue weighted by molar-refractivity contribution is 5.76. The summed E-state index contributed by atoms with van der Waals surface area (Å²) in [5, 5.41) is 9.65. The molecule has 0 spiro atoms. The fourth-order valence-electron chi connectivity index (χ4n) is 2.96. The van der Waals surface area contributed by atoms with Crippen LogP contribution in [0.15, 0.2) is 24.3 Å². The van der Waals surface area contributed by atoms with Crippen molar-refractivity contribution in [2.75, 3.05) is 13.1 Å². The van der Waals surface area contributed by atoms with Crippen LogP contribution in [0.1, 0.15) is 49.8 Å². The number of benzene rings is 1. The van der Waals surface area contributed by atoms with Crippen LogP contribution >= 0.6 is 0 Å². The summed E-state index contributed by atoms with van der Waals surface area (Å²) in [5.41, 5.74) is 2.12. The second-order valence-corrected chi connectivity index (χ2v) is 5.24. The van der Waals surface area contributed by atoms with Crippen molar-refractivity contribution in [1.82, 2.24) is 4.90 Å². The van der Waals surface area contributed by atoms with Crippen LogP contribution in [-0.2, 0) is 11.2 Å². The lowest BCUT2D eigenvalue weighted by Crippen LogP contribution is -2.35. The SMILES string of the molecule is CCc1ccccc1C(C(=O)O)N1CCCCCC1. The van der Waals surface area contributed by atoms with Gasteiger partial charge < -0.3 is 5.11 Å². The number of nitrogens with zero attached hydrogens (tertiary/aromatic N) is 1. The summed E-state index contributed by atoms with van der Waals surface area (Å²) in [5.74, 6) is -0.720. The zero-order valence-corrected chi connectivity index (χ0v) is 11.6.